The number of hydrogen-bond donors (Lipinski definition) is 1. The van der Waals surface area contributed by atoms with Crippen LogP contribution in [0.25, 0.3) is 0 Å². The zero-order valence-corrected chi connectivity index (χ0v) is 16.7. The predicted molar refractivity (Wildman–Crippen MR) is 104 cm³/mol. The molecule has 3 rings (SSSR count). The number of aromatic nitrogens is 2. The Hall–Kier alpha value is -1.40. The average Bonchev–Trinajstić information content (AvgIpc) is 3.09. The number of aromatic amines is 1. The molecular weight excluding hydrogens is 326 g/mol. The molecule has 1 amide bonds. The van der Waals surface area contributed by atoms with Gasteiger partial charge in [0.15, 0.2) is 0 Å². The molecule has 1 N–H and O–H groups in total. The largest absolute Gasteiger partial charge is 0.340 e. The van der Waals surface area contributed by atoms with E-state index >= 15 is 0 Å². The number of aryl methyl sites for hydroxylation is 1. The second-order valence-corrected chi connectivity index (χ2v) is 8.20. The van der Waals surface area contributed by atoms with Gasteiger partial charge in [0.05, 0.1) is 23.9 Å². The van der Waals surface area contributed by atoms with Crippen molar-refractivity contribution in [3.8, 4) is 0 Å². The summed E-state index contributed by atoms with van der Waals surface area (Å²) in [6.07, 6.45) is 6.72. The summed E-state index contributed by atoms with van der Waals surface area (Å²) in [6.45, 7) is 7.23. The molecule has 1 aromatic heterocycles. The highest BCUT2D eigenvalue weighted by Gasteiger charge is 2.32. The van der Waals surface area contributed by atoms with Gasteiger partial charge in [-0.25, -0.2) is 0 Å². The Morgan fingerprint density at radius 2 is 2.08 bits per heavy atom. The summed E-state index contributed by atoms with van der Waals surface area (Å²) in [5.74, 6) is 0.431. The molecule has 6 heteroatoms. The minimum absolute atomic E-state index is 0.145. The number of carbonyl (C=O) groups excluding carboxylic acids is 1. The third kappa shape index (κ3) is 4.86. The molecule has 6 nitrogen and oxygen atoms in total. The minimum atomic E-state index is 0.145. The van der Waals surface area contributed by atoms with E-state index in [-0.39, 0.29) is 11.8 Å². The van der Waals surface area contributed by atoms with Crippen molar-refractivity contribution in [1.82, 2.24) is 24.9 Å². The summed E-state index contributed by atoms with van der Waals surface area (Å²) in [6, 6.07) is 2.76. The molecule has 0 radical (unpaired) electrons. The van der Waals surface area contributed by atoms with Crippen LogP contribution < -0.4 is 0 Å². The Morgan fingerprint density at radius 3 is 2.81 bits per heavy atom. The monoisotopic (exact) mass is 361 g/mol. The first-order valence-corrected chi connectivity index (χ1v) is 10.3. The van der Waals surface area contributed by atoms with Crippen molar-refractivity contribution in [2.24, 2.45) is 5.92 Å². The van der Waals surface area contributed by atoms with Crippen LogP contribution in [0.5, 0.6) is 0 Å². The molecule has 0 saturated carbocycles. The zero-order chi connectivity index (χ0) is 18.5. The standard InChI is InChI=1S/C20H35N5O/c1-4-6-17-13-18(22-21-17)15-24(3)20(26)16-7-5-10-25(14-16)19-8-11-23(2)12-9-19/h13,16,19H,4-12,14-15H2,1-3H3,(H,21,22). The van der Waals surface area contributed by atoms with E-state index in [4.69, 9.17) is 0 Å². The first kappa shape index (κ1) is 19.4. The van der Waals surface area contributed by atoms with E-state index in [1.54, 1.807) is 0 Å². The van der Waals surface area contributed by atoms with Gasteiger partial charge in [0.25, 0.3) is 0 Å². The van der Waals surface area contributed by atoms with E-state index in [1.807, 2.05) is 11.9 Å². The number of nitrogens with one attached hydrogen (secondary N) is 1. The highest BCUT2D eigenvalue weighted by Crippen LogP contribution is 2.25. The lowest BCUT2D eigenvalue weighted by Gasteiger charge is -2.41. The highest BCUT2D eigenvalue weighted by molar-refractivity contribution is 5.78. The molecule has 1 aromatic rings. The van der Waals surface area contributed by atoms with Gasteiger partial charge in [-0.3, -0.25) is 14.8 Å². The normalized spacial score (nSPS) is 23.3. The summed E-state index contributed by atoms with van der Waals surface area (Å²) >= 11 is 0. The fraction of sp³-hybridized carbons (Fsp3) is 0.800. The zero-order valence-electron chi connectivity index (χ0n) is 16.7. The Kier molecular flexibility index (Phi) is 6.70. The van der Waals surface area contributed by atoms with Crippen molar-refractivity contribution < 1.29 is 4.79 Å². The molecular formula is C20H35N5O. The maximum atomic E-state index is 13.0. The summed E-state index contributed by atoms with van der Waals surface area (Å²) < 4.78 is 0. The summed E-state index contributed by atoms with van der Waals surface area (Å²) in [5, 5.41) is 7.42. The van der Waals surface area contributed by atoms with Crippen molar-refractivity contribution in [3.63, 3.8) is 0 Å². The fourth-order valence-electron chi connectivity index (χ4n) is 4.42. The number of nitrogens with zero attached hydrogens (tertiary/aromatic N) is 4. The van der Waals surface area contributed by atoms with Crippen molar-refractivity contribution in [2.45, 2.75) is 58.0 Å². The van der Waals surface area contributed by atoms with Crippen LogP contribution in [0.15, 0.2) is 6.07 Å². The van der Waals surface area contributed by atoms with Crippen molar-refractivity contribution in [1.29, 1.82) is 0 Å². The van der Waals surface area contributed by atoms with E-state index in [0.29, 0.717) is 12.6 Å². The number of carbonyl (C=O) groups is 1. The fourth-order valence-corrected chi connectivity index (χ4v) is 4.42. The van der Waals surface area contributed by atoms with Gasteiger partial charge in [-0.15, -0.1) is 0 Å². The molecule has 0 bridgehead atoms. The van der Waals surface area contributed by atoms with Crippen LogP contribution in [0, 0.1) is 5.92 Å². The van der Waals surface area contributed by atoms with Gasteiger partial charge in [-0.1, -0.05) is 13.3 Å². The molecule has 26 heavy (non-hydrogen) atoms. The van der Waals surface area contributed by atoms with Crippen molar-refractivity contribution >= 4 is 5.91 Å². The molecule has 3 heterocycles. The molecule has 2 aliphatic rings. The average molecular weight is 362 g/mol. The Balaban J connectivity index is 1.52. The van der Waals surface area contributed by atoms with Gasteiger partial charge in [-0.2, -0.15) is 5.10 Å². The SMILES string of the molecule is CCCc1cc(CN(C)C(=O)C2CCCN(C3CCN(C)CC3)C2)[nH]n1. The first-order chi connectivity index (χ1) is 12.6. The van der Waals surface area contributed by atoms with Crippen LogP contribution in [0.1, 0.15) is 50.4 Å². The van der Waals surface area contributed by atoms with E-state index < -0.39 is 0 Å². The topological polar surface area (TPSA) is 55.5 Å². The molecule has 2 saturated heterocycles. The number of likely N-dealkylation sites (tertiary alicyclic amines) is 2. The third-order valence-electron chi connectivity index (χ3n) is 5.98. The van der Waals surface area contributed by atoms with Gasteiger partial charge >= 0.3 is 0 Å². The maximum Gasteiger partial charge on any atom is 0.227 e. The summed E-state index contributed by atoms with van der Waals surface area (Å²) in [4.78, 5) is 19.8. The van der Waals surface area contributed by atoms with Gasteiger partial charge < -0.3 is 9.80 Å². The number of hydrogen-bond acceptors (Lipinski definition) is 4. The summed E-state index contributed by atoms with van der Waals surface area (Å²) in [5.41, 5.74) is 2.13. The molecule has 1 unspecified atom stereocenters. The Bertz CT molecular complexity index is 579. The third-order valence-corrected chi connectivity index (χ3v) is 5.98. The quantitative estimate of drug-likeness (QED) is 0.843. The highest BCUT2D eigenvalue weighted by atomic mass is 16.2. The van der Waals surface area contributed by atoms with Crippen LogP contribution >= 0.6 is 0 Å². The van der Waals surface area contributed by atoms with E-state index in [0.717, 1.165) is 50.2 Å². The second kappa shape index (κ2) is 9.00. The van der Waals surface area contributed by atoms with E-state index in [2.05, 4.69) is 40.0 Å². The number of piperidine rings is 2. The van der Waals surface area contributed by atoms with Crippen LogP contribution in [0.3, 0.4) is 0 Å². The predicted octanol–water partition coefficient (Wildman–Crippen LogP) is 2.13. The molecule has 0 spiro atoms. The van der Waals surface area contributed by atoms with Crippen LogP contribution in [0.4, 0.5) is 0 Å². The number of amides is 1. The first-order valence-electron chi connectivity index (χ1n) is 10.3. The Morgan fingerprint density at radius 1 is 1.31 bits per heavy atom. The van der Waals surface area contributed by atoms with E-state index in [1.165, 1.54) is 25.9 Å². The summed E-state index contributed by atoms with van der Waals surface area (Å²) in [7, 11) is 4.13. The lowest BCUT2D eigenvalue weighted by Crippen LogP contribution is -2.50. The number of rotatable bonds is 6. The molecule has 146 valence electrons. The molecule has 0 aromatic carbocycles. The van der Waals surface area contributed by atoms with Gasteiger partial charge in [-0.05, 0) is 64.9 Å². The molecule has 2 aliphatic heterocycles. The smallest absolute Gasteiger partial charge is 0.227 e. The van der Waals surface area contributed by atoms with Crippen molar-refractivity contribution in [3.05, 3.63) is 17.5 Å². The van der Waals surface area contributed by atoms with E-state index in [9.17, 15) is 4.79 Å². The maximum absolute atomic E-state index is 13.0. The van der Waals surface area contributed by atoms with Crippen LogP contribution in [0.2, 0.25) is 0 Å². The van der Waals surface area contributed by atoms with Crippen molar-refractivity contribution in [2.75, 3.05) is 40.3 Å². The minimum Gasteiger partial charge on any atom is -0.340 e. The second-order valence-electron chi connectivity index (χ2n) is 8.20. The molecule has 0 aliphatic carbocycles. The molecule has 2 fully saturated rings. The van der Waals surface area contributed by atoms with Gasteiger partial charge in [0.2, 0.25) is 5.91 Å². The van der Waals surface area contributed by atoms with Crippen LogP contribution in [-0.2, 0) is 17.8 Å². The van der Waals surface area contributed by atoms with Gasteiger partial charge in [0.1, 0.15) is 0 Å². The Labute approximate surface area is 157 Å². The lowest BCUT2D eigenvalue weighted by atomic mass is 9.93. The number of H-pyrrole nitrogens is 1. The van der Waals surface area contributed by atoms with Gasteiger partial charge in [0, 0.05) is 19.6 Å². The molecule has 1 atom stereocenters. The van der Waals surface area contributed by atoms with Crippen LogP contribution in [-0.4, -0.2) is 77.1 Å². The lowest BCUT2D eigenvalue weighted by molar-refractivity contribution is -0.137.